The molecule has 4 aromatic rings. The number of anilines is 3. The summed E-state index contributed by atoms with van der Waals surface area (Å²) in [6, 6.07) is 16.0. The van der Waals surface area contributed by atoms with Crippen molar-refractivity contribution in [2.24, 2.45) is 5.41 Å². The number of para-hydroxylation sites is 1. The third-order valence-corrected chi connectivity index (χ3v) is 6.18. The number of nitrogens with zero attached hydrogens (tertiary/aromatic N) is 5. The first-order valence-electron chi connectivity index (χ1n) is 11.7. The SMILES string of the molecule is C[C@H](Nc1nc(N)nc(N)c1C#N)c1nc2cccc(OCC3(C)COC3)c2c(=O)n1-c1ccccc1. The predicted molar refractivity (Wildman–Crippen MR) is 139 cm³/mol. The molecule has 2 aromatic carbocycles. The number of nitrogen functional groups attached to an aromatic ring is 2. The first-order valence-corrected chi connectivity index (χ1v) is 11.7. The molecule has 0 spiro atoms. The molecule has 0 saturated carbocycles. The van der Waals surface area contributed by atoms with Crippen molar-refractivity contribution in [2.45, 2.75) is 19.9 Å². The third kappa shape index (κ3) is 4.50. The number of nitrogens with one attached hydrogen (secondary N) is 1. The summed E-state index contributed by atoms with van der Waals surface area (Å²) < 4.78 is 13.0. The lowest BCUT2D eigenvalue weighted by Crippen LogP contribution is -2.44. The summed E-state index contributed by atoms with van der Waals surface area (Å²) in [5.41, 5.74) is 12.4. The Hall–Kier alpha value is -4.69. The Labute approximate surface area is 212 Å². The molecule has 1 atom stereocenters. The van der Waals surface area contributed by atoms with E-state index in [1.165, 1.54) is 4.57 Å². The van der Waals surface area contributed by atoms with Gasteiger partial charge in [-0.3, -0.25) is 9.36 Å². The highest BCUT2D eigenvalue weighted by molar-refractivity contribution is 5.84. The van der Waals surface area contributed by atoms with Crippen molar-refractivity contribution in [1.82, 2.24) is 19.5 Å². The van der Waals surface area contributed by atoms with Crippen LogP contribution in [0.1, 0.15) is 31.3 Å². The standard InChI is InChI=1S/C26H26N8O3/c1-15(30-22-17(11-27)21(28)32-25(29)33-22)23-31-18-9-6-10-19(37-14-26(2)12-36-13-26)20(18)24(35)34(23)16-7-4-3-5-8-16/h3-10,15H,12-14H2,1-2H3,(H5,28,29,30,32,33)/t15-/m0/s1. The van der Waals surface area contributed by atoms with Crippen LogP contribution < -0.4 is 27.1 Å². The lowest BCUT2D eigenvalue weighted by Gasteiger charge is -2.37. The van der Waals surface area contributed by atoms with Crippen molar-refractivity contribution in [1.29, 1.82) is 5.26 Å². The third-order valence-electron chi connectivity index (χ3n) is 6.18. The van der Waals surface area contributed by atoms with Crippen molar-refractivity contribution in [2.75, 3.05) is 36.6 Å². The Morgan fingerprint density at radius 3 is 2.59 bits per heavy atom. The predicted octanol–water partition coefficient (Wildman–Crippen LogP) is 2.80. The average molecular weight is 499 g/mol. The van der Waals surface area contributed by atoms with Gasteiger partial charge in [0.1, 0.15) is 34.4 Å². The van der Waals surface area contributed by atoms with Crippen LogP contribution >= 0.6 is 0 Å². The lowest BCUT2D eigenvalue weighted by atomic mass is 9.90. The Bertz CT molecular complexity index is 1580. The van der Waals surface area contributed by atoms with Gasteiger partial charge in [-0.2, -0.15) is 15.2 Å². The van der Waals surface area contributed by atoms with Crippen molar-refractivity contribution >= 4 is 28.5 Å². The molecule has 188 valence electrons. The van der Waals surface area contributed by atoms with Crippen LogP contribution in [0.2, 0.25) is 0 Å². The van der Waals surface area contributed by atoms with E-state index >= 15 is 0 Å². The van der Waals surface area contributed by atoms with Gasteiger partial charge >= 0.3 is 0 Å². The van der Waals surface area contributed by atoms with Crippen molar-refractivity contribution in [3.05, 3.63) is 70.3 Å². The number of fused-ring (bicyclic) bond motifs is 1. The minimum absolute atomic E-state index is 0.0380. The second-order valence-corrected chi connectivity index (χ2v) is 9.36. The second kappa shape index (κ2) is 9.40. The first-order chi connectivity index (χ1) is 17.8. The minimum atomic E-state index is -0.575. The van der Waals surface area contributed by atoms with Crippen LogP contribution in [0.5, 0.6) is 5.75 Å². The fourth-order valence-corrected chi connectivity index (χ4v) is 4.22. The Morgan fingerprint density at radius 1 is 1.16 bits per heavy atom. The first kappa shape index (κ1) is 24.0. The number of hydrogen-bond acceptors (Lipinski definition) is 10. The van der Waals surface area contributed by atoms with E-state index in [9.17, 15) is 10.1 Å². The van der Waals surface area contributed by atoms with Gasteiger partial charge in [0.15, 0.2) is 5.82 Å². The number of benzene rings is 2. The largest absolute Gasteiger partial charge is 0.492 e. The van der Waals surface area contributed by atoms with E-state index in [1.807, 2.05) is 36.4 Å². The molecule has 2 aromatic heterocycles. The van der Waals surface area contributed by atoms with E-state index in [0.29, 0.717) is 48.0 Å². The zero-order valence-electron chi connectivity index (χ0n) is 20.4. The van der Waals surface area contributed by atoms with E-state index in [4.69, 9.17) is 25.9 Å². The summed E-state index contributed by atoms with van der Waals surface area (Å²) in [5.74, 6) is 0.902. The van der Waals surface area contributed by atoms with E-state index < -0.39 is 6.04 Å². The molecular formula is C26H26N8O3. The molecule has 1 aliphatic heterocycles. The summed E-state index contributed by atoms with van der Waals surface area (Å²) in [5, 5.41) is 13.1. The van der Waals surface area contributed by atoms with Crippen LogP contribution in [0, 0.1) is 16.7 Å². The van der Waals surface area contributed by atoms with Crippen LogP contribution in [-0.2, 0) is 4.74 Å². The summed E-state index contributed by atoms with van der Waals surface area (Å²) in [6.07, 6.45) is 0. The molecule has 0 radical (unpaired) electrons. The quantitative estimate of drug-likeness (QED) is 0.345. The summed E-state index contributed by atoms with van der Waals surface area (Å²) in [6.45, 7) is 5.53. The Morgan fingerprint density at radius 2 is 1.92 bits per heavy atom. The molecule has 37 heavy (non-hydrogen) atoms. The van der Waals surface area contributed by atoms with Crippen LogP contribution in [0.25, 0.3) is 16.6 Å². The normalized spacial score (nSPS) is 14.9. The maximum Gasteiger partial charge on any atom is 0.269 e. The number of nitriles is 1. The maximum atomic E-state index is 14.0. The van der Waals surface area contributed by atoms with Crippen LogP contribution in [0.15, 0.2) is 53.3 Å². The lowest BCUT2D eigenvalue weighted by molar-refractivity contribution is -0.120. The van der Waals surface area contributed by atoms with Crippen molar-refractivity contribution in [3.8, 4) is 17.5 Å². The summed E-state index contributed by atoms with van der Waals surface area (Å²) in [4.78, 5) is 26.9. The maximum absolute atomic E-state index is 14.0. The molecule has 0 amide bonds. The number of ether oxygens (including phenoxy) is 2. The number of hydrogen-bond donors (Lipinski definition) is 3. The van der Waals surface area contributed by atoms with Gasteiger partial charge < -0.3 is 26.3 Å². The Kier molecular flexibility index (Phi) is 6.11. The van der Waals surface area contributed by atoms with Crippen LogP contribution in [-0.4, -0.2) is 39.3 Å². The monoisotopic (exact) mass is 498 g/mol. The molecule has 3 heterocycles. The van der Waals surface area contributed by atoms with Gasteiger partial charge in [-0.25, -0.2) is 4.98 Å². The topological polar surface area (TPSA) is 167 Å². The summed E-state index contributed by atoms with van der Waals surface area (Å²) >= 11 is 0. The van der Waals surface area contributed by atoms with Crippen molar-refractivity contribution < 1.29 is 9.47 Å². The fraction of sp³-hybridized carbons (Fsp3) is 0.269. The molecule has 11 heteroatoms. The van der Waals surface area contributed by atoms with Crippen molar-refractivity contribution in [3.63, 3.8) is 0 Å². The second-order valence-electron chi connectivity index (χ2n) is 9.36. The molecule has 5 rings (SSSR count). The van der Waals surface area contributed by atoms with E-state index in [0.717, 1.165) is 0 Å². The number of nitrogens with two attached hydrogens (primary N) is 2. The molecule has 11 nitrogen and oxygen atoms in total. The highest BCUT2D eigenvalue weighted by Gasteiger charge is 2.34. The number of aromatic nitrogens is 4. The van der Waals surface area contributed by atoms with Gasteiger partial charge in [0.2, 0.25) is 5.95 Å². The fourth-order valence-electron chi connectivity index (χ4n) is 4.22. The zero-order valence-corrected chi connectivity index (χ0v) is 20.4. The van der Waals surface area contributed by atoms with Gasteiger partial charge in [-0.05, 0) is 31.2 Å². The minimum Gasteiger partial charge on any atom is -0.492 e. The molecule has 5 N–H and O–H groups in total. The van der Waals surface area contributed by atoms with E-state index in [-0.39, 0.29) is 34.1 Å². The molecule has 0 unspecified atom stereocenters. The van der Waals surface area contributed by atoms with E-state index in [1.54, 1.807) is 25.1 Å². The molecular weight excluding hydrogens is 472 g/mol. The molecule has 1 aliphatic rings. The van der Waals surface area contributed by atoms with Gasteiger partial charge in [0.25, 0.3) is 5.56 Å². The smallest absolute Gasteiger partial charge is 0.269 e. The molecule has 0 aliphatic carbocycles. The van der Waals surface area contributed by atoms with Crippen LogP contribution in [0.4, 0.5) is 17.6 Å². The number of rotatable bonds is 7. The highest BCUT2D eigenvalue weighted by Crippen LogP contribution is 2.31. The van der Waals surface area contributed by atoms with Crippen LogP contribution in [0.3, 0.4) is 0 Å². The van der Waals surface area contributed by atoms with Gasteiger partial charge in [0.05, 0.1) is 37.1 Å². The Balaban J connectivity index is 1.64. The van der Waals surface area contributed by atoms with Gasteiger partial charge in [-0.15, -0.1) is 0 Å². The molecule has 1 fully saturated rings. The van der Waals surface area contributed by atoms with E-state index in [2.05, 4.69) is 22.2 Å². The molecule has 1 saturated heterocycles. The van der Waals surface area contributed by atoms with Gasteiger partial charge in [-0.1, -0.05) is 31.2 Å². The highest BCUT2D eigenvalue weighted by atomic mass is 16.5. The summed E-state index contributed by atoms with van der Waals surface area (Å²) in [7, 11) is 0. The van der Waals surface area contributed by atoms with Gasteiger partial charge in [0, 0.05) is 5.41 Å². The average Bonchev–Trinajstić information content (AvgIpc) is 2.86. The molecule has 0 bridgehead atoms. The zero-order chi connectivity index (χ0) is 26.2.